The fourth-order valence-electron chi connectivity index (χ4n) is 3.97. The Hall–Kier alpha value is -0.670. The van der Waals surface area contributed by atoms with Gasteiger partial charge in [0, 0.05) is 11.3 Å². The molecule has 2 saturated carbocycles. The first kappa shape index (κ1) is 14.7. The second kappa shape index (κ2) is 5.37. The third-order valence-corrected chi connectivity index (χ3v) is 5.21. The van der Waals surface area contributed by atoms with Crippen LogP contribution in [0.3, 0.4) is 0 Å². The summed E-state index contributed by atoms with van der Waals surface area (Å²) < 4.78 is 0. The summed E-state index contributed by atoms with van der Waals surface area (Å²) in [5.41, 5.74) is 0.643. The van der Waals surface area contributed by atoms with Crippen LogP contribution in [0.2, 0.25) is 0 Å². The van der Waals surface area contributed by atoms with Crippen LogP contribution in [0.1, 0.15) is 52.9 Å². The normalized spacial score (nSPS) is 43.1. The minimum Gasteiger partial charge on any atom is -0.393 e. The van der Waals surface area contributed by atoms with Gasteiger partial charge in [0.15, 0.2) is 5.78 Å². The average Bonchev–Trinajstić information content (AvgIpc) is 2.35. The summed E-state index contributed by atoms with van der Waals surface area (Å²) in [6.07, 6.45) is 5.24. The van der Waals surface area contributed by atoms with Crippen LogP contribution in [0, 0.1) is 17.3 Å². The number of Topliss-reactive ketones (excluding diaryl/α,β-unsaturated/α-hetero) is 1. The maximum atomic E-state index is 12.4. The molecule has 2 aliphatic carbocycles. The summed E-state index contributed by atoms with van der Waals surface area (Å²) in [5.74, 6) is 0.513. The van der Waals surface area contributed by atoms with E-state index in [4.69, 9.17) is 0 Å². The molecule has 19 heavy (non-hydrogen) atoms. The Labute approximate surface area is 115 Å². The standard InChI is InChI=1S/C16H26O3/c1-10(17)7-8-12-9-16(3)13(11(2)15(12)19)5-4-6-14(16)18/h8,10-11,13-14,17-18H,4-7,9H2,1-3H3/b12-8-/t10-,11?,13?,14+,16+/m1/s1. The highest BCUT2D eigenvalue weighted by molar-refractivity contribution is 5.98. The molecule has 3 heteroatoms. The number of aliphatic hydroxyl groups excluding tert-OH is 2. The molecule has 5 atom stereocenters. The summed E-state index contributed by atoms with van der Waals surface area (Å²) in [7, 11) is 0. The molecule has 108 valence electrons. The summed E-state index contributed by atoms with van der Waals surface area (Å²) in [6.45, 7) is 5.85. The van der Waals surface area contributed by atoms with Crippen molar-refractivity contribution in [2.75, 3.05) is 0 Å². The molecule has 0 amide bonds. The van der Waals surface area contributed by atoms with Gasteiger partial charge in [-0.2, -0.15) is 0 Å². The lowest BCUT2D eigenvalue weighted by molar-refractivity contribution is -0.133. The van der Waals surface area contributed by atoms with Crippen molar-refractivity contribution >= 4 is 5.78 Å². The van der Waals surface area contributed by atoms with E-state index in [1.165, 1.54) is 0 Å². The zero-order chi connectivity index (χ0) is 14.2. The molecule has 3 nitrogen and oxygen atoms in total. The average molecular weight is 266 g/mol. The van der Waals surface area contributed by atoms with E-state index in [1.807, 2.05) is 13.0 Å². The van der Waals surface area contributed by atoms with Crippen LogP contribution in [-0.4, -0.2) is 28.2 Å². The highest BCUT2D eigenvalue weighted by Gasteiger charge is 2.51. The van der Waals surface area contributed by atoms with Crippen LogP contribution in [0.4, 0.5) is 0 Å². The molecule has 2 rings (SSSR count). The lowest BCUT2D eigenvalue weighted by Gasteiger charge is -2.51. The van der Waals surface area contributed by atoms with Crippen molar-refractivity contribution < 1.29 is 15.0 Å². The maximum absolute atomic E-state index is 12.4. The van der Waals surface area contributed by atoms with Crippen molar-refractivity contribution in [3.63, 3.8) is 0 Å². The first-order valence-corrected chi connectivity index (χ1v) is 7.45. The first-order valence-electron chi connectivity index (χ1n) is 7.45. The van der Waals surface area contributed by atoms with E-state index >= 15 is 0 Å². The minimum absolute atomic E-state index is 0.00560. The van der Waals surface area contributed by atoms with E-state index in [2.05, 4.69) is 6.92 Å². The Morgan fingerprint density at radius 2 is 2.16 bits per heavy atom. The second-order valence-corrected chi connectivity index (χ2v) is 6.70. The van der Waals surface area contributed by atoms with Crippen molar-refractivity contribution in [3.8, 4) is 0 Å². The van der Waals surface area contributed by atoms with Gasteiger partial charge in [-0.3, -0.25) is 4.79 Å². The van der Waals surface area contributed by atoms with E-state index < -0.39 is 6.10 Å². The minimum atomic E-state index is -0.419. The number of rotatable bonds is 2. The largest absolute Gasteiger partial charge is 0.393 e. The van der Waals surface area contributed by atoms with E-state index in [0.717, 1.165) is 24.8 Å². The van der Waals surface area contributed by atoms with E-state index in [9.17, 15) is 15.0 Å². The Morgan fingerprint density at radius 3 is 2.79 bits per heavy atom. The molecule has 0 heterocycles. The van der Waals surface area contributed by atoms with Gasteiger partial charge in [-0.1, -0.05) is 26.3 Å². The van der Waals surface area contributed by atoms with Crippen LogP contribution in [0.5, 0.6) is 0 Å². The van der Waals surface area contributed by atoms with Crippen LogP contribution in [0.25, 0.3) is 0 Å². The second-order valence-electron chi connectivity index (χ2n) is 6.70. The predicted octanol–water partition coefficient (Wildman–Crippen LogP) is 2.46. The Balaban J connectivity index is 2.27. The molecule has 0 aromatic heterocycles. The highest BCUT2D eigenvalue weighted by atomic mass is 16.3. The number of hydrogen-bond donors (Lipinski definition) is 2. The molecule has 0 aromatic carbocycles. The fourth-order valence-corrected chi connectivity index (χ4v) is 3.97. The SMILES string of the molecule is CC1C(=O)/C(=C\C[C@@H](C)O)C[C@@]2(C)C1CCC[C@@H]2O. The van der Waals surface area contributed by atoms with Gasteiger partial charge in [0.05, 0.1) is 12.2 Å². The third-order valence-electron chi connectivity index (χ3n) is 5.21. The molecule has 0 spiro atoms. The molecule has 0 aliphatic heterocycles. The molecule has 2 unspecified atom stereocenters. The summed E-state index contributed by atoms with van der Waals surface area (Å²) >= 11 is 0. The van der Waals surface area contributed by atoms with Crippen LogP contribution < -0.4 is 0 Å². The molecule has 2 aliphatic rings. The predicted molar refractivity (Wildman–Crippen MR) is 74.6 cm³/mol. The first-order chi connectivity index (χ1) is 8.86. The van der Waals surface area contributed by atoms with Crippen molar-refractivity contribution in [3.05, 3.63) is 11.6 Å². The van der Waals surface area contributed by atoms with Crippen molar-refractivity contribution in [1.82, 2.24) is 0 Å². The molecular formula is C16H26O3. The molecule has 0 saturated heterocycles. The van der Waals surface area contributed by atoms with Gasteiger partial charge < -0.3 is 10.2 Å². The van der Waals surface area contributed by atoms with Crippen molar-refractivity contribution in [1.29, 1.82) is 0 Å². The van der Waals surface area contributed by atoms with Crippen LogP contribution in [0.15, 0.2) is 11.6 Å². The monoisotopic (exact) mass is 266 g/mol. The zero-order valence-corrected chi connectivity index (χ0v) is 12.2. The Kier molecular flexibility index (Phi) is 4.17. The van der Waals surface area contributed by atoms with Gasteiger partial charge in [0.2, 0.25) is 0 Å². The Morgan fingerprint density at radius 1 is 1.47 bits per heavy atom. The topological polar surface area (TPSA) is 57.5 Å². The molecule has 2 N–H and O–H groups in total. The number of hydrogen-bond acceptors (Lipinski definition) is 3. The lowest BCUT2D eigenvalue weighted by Crippen LogP contribution is -2.51. The molecule has 2 fully saturated rings. The molecular weight excluding hydrogens is 240 g/mol. The third kappa shape index (κ3) is 2.63. The van der Waals surface area contributed by atoms with Gasteiger partial charge in [0.25, 0.3) is 0 Å². The van der Waals surface area contributed by atoms with Gasteiger partial charge in [-0.05, 0) is 44.1 Å². The van der Waals surface area contributed by atoms with Crippen molar-refractivity contribution in [2.24, 2.45) is 17.3 Å². The molecule has 0 aromatic rings. The maximum Gasteiger partial charge on any atom is 0.161 e. The number of allylic oxidation sites excluding steroid dienone is 1. The van der Waals surface area contributed by atoms with Crippen LogP contribution in [-0.2, 0) is 4.79 Å². The van der Waals surface area contributed by atoms with E-state index in [-0.39, 0.29) is 23.2 Å². The number of carbonyl (C=O) groups excluding carboxylic acids is 1. The van der Waals surface area contributed by atoms with Gasteiger partial charge in [-0.25, -0.2) is 0 Å². The number of ketones is 1. The van der Waals surface area contributed by atoms with Crippen molar-refractivity contribution in [2.45, 2.75) is 65.1 Å². The van der Waals surface area contributed by atoms with Crippen LogP contribution >= 0.6 is 0 Å². The lowest BCUT2D eigenvalue weighted by atomic mass is 9.54. The summed E-state index contributed by atoms with van der Waals surface area (Å²) in [6, 6.07) is 0. The quantitative estimate of drug-likeness (QED) is 0.755. The number of aliphatic hydroxyl groups is 2. The summed E-state index contributed by atoms with van der Waals surface area (Å²) in [5, 5.41) is 19.8. The van der Waals surface area contributed by atoms with E-state index in [1.54, 1.807) is 6.92 Å². The number of fused-ring (bicyclic) bond motifs is 1. The van der Waals surface area contributed by atoms with Gasteiger partial charge in [-0.15, -0.1) is 0 Å². The van der Waals surface area contributed by atoms with Gasteiger partial charge >= 0.3 is 0 Å². The zero-order valence-electron chi connectivity index (χ0n) is 12.2. The highest BCUT2D eigenvalue weighted by Crippen LogP contribution is 2.52. The molecule has 0 radical (unpaired) electrons. The molecule has 0 bridgehead atoms. The van der Waals surface area contributed by atoms with Gasteiger partial charge in [0.1, 0.15) is 0 Å². The Bertz CT molecular complexity index is 385. The smallest absolute Gasteiger partial charge is 0.161 e. The fraction of sp³-hybridized carbons (Fsp3) is 0.812. The van der Waals surface area contributed by atoms with E-state index in [0.29, 0.717) is 18.8 Å². The number of carbonyl (C=O) groups is 1. The summed E-state index contributed by atoms with van der Waals surface area (Å²) in [4.78, 5) is 12.4.